The van der Waals surface area contributed by atoms with Gasteiger partial charge in [-0.3, -0.25) is 9.59 Å². The summed E-state index contributed by atoms with van der Waals surface area (Å²) in [4.78, 5) is 21.5. The maximum absolute atomic E-state index is 11.3. The molecule has 1 atom stereocenters. The van der Waals surface area contributed by atoms with Crippen LogP contribution in [0.3, 0.4) is 0 Å². The van der Waals surface area contributed by atoms with Crippen molar-refractivity contribution in [2.75, 3.05) is 0 Å². The Morgan fingerprint density at radius 3 is 2.57 bits per heavy atom. The first kappa shape index (κ1) is 11.0. The average Bonchev–Trinajstić information content (AvgIpc) is 2.84. The van der Waals surface area contributed by atoms with Crippen LogP contribution in [0.5, 0.6) is 0 Å². The second kappa shape index (κ2) is 4.98. The Kier molecular flexibility index (Phi) is 3.92. The first-order valence-electron chi connectivity index (χ1n) is 5.10. The quantitative estimate of drug-likeness (QED) is 0.674. The van der Waals surface area contributed by atoms with Crippen LogP contribution in [0.2, 0.25) is 0 Å². The van der Waals surface area contributed by atoms with Crippen molar-refractivity contribution in [1.29, 1.82) is 0 Å². The summed E-state index contributed by atoms with van der Waals surface area (Å²) in [6.07, 6.45) is 3.24. The molecule has 0 radical (unpaired) electrons. The van der Waals surface area contributed by atoms with Gasteiger partial charge in [0, 0.05) is 18.9 Å². The van der Waals surface area contributed by atoms with E-state index >= 15 is 0 Å². The second-order valence-corrected chi connectivity index (χ2v) is 3.94. The summed E-state index contributed by atoms with van der Waals surface area (Å²) in [6.45, 7) is 2.01. The van der Waals surface area contributed by atoms with Gasteiger partial charge < -0.3 is 10.4 Å². The number of carboxylic acid groups (broad SMARTS) is 1. The number of amides is 1. The highest BCUT2D eigenvalue weighted by atomic mass is 16.4. The molecule has 0 spiro atoms. The molecule has 1 saturated carbocycles. The van der Waals surface area contributed by atoms with E-state index in [0.717, 1.165) is 0 Å². The molecule has 0 aromatic rings. The number of carbonyl (C=O) groups is 2. The maximum atomic E-state index is 11.3. The second-order valence-electron chi connectivity index (χ2n) is 3.94. The molecule has 14 heavy (non-hydrogen) atoms. The molecule has 1 amide bonds. The molecule has 2 N–H and O–H groups in total. The molecule has 1 aliphatic carbocycles. The van der Waals surface area contributed by atoms with Gasteiger partial charge in [0.2, 0.25) is 5.91 Å². The van der Waals surface area contributed by atoms with E-state index in [9.17, 15) is 9.59 Å². The summed E-state index contributed by atoms with van der Waals surface area (Å²) in [7, 11) is 0. The lowest BCUT2D eigenvalue weighted by Crippen LogP contribution is -2.33. The van der Waals surface area contributed by atoms with Crippen LogP contribution in [0.15, 0.2) is 0 Å². The monoisotopic (exact) mass is 199 g/mol. The third-order valence-electron chi connectivity index (χ3n) is 2.51. The Bertz CT molecular complexity index is 223. The molecule has 0 heterocycles. The fourth-order valence-electron chi connectivity index (χ4n) is 1.44. The van der Waals surface area contributed by atoms with Crippen LogP contribution in [0.1, 0.15) is 39.0 Å². The van der Waals surface area contributed by atoms with Crippen LogP contribution in [0.25, 0.3) is 0 Å². The molecular weight excluding hydrogens is 182 g/mol. The lowest BCUT2D eigenvalue weighted by molar-refractivity contribution is -0.137. The lowest BCUT2D eigenvalue weighted by atomic mass is 10.2. The fourth-order valence-corrected chi connectivity index (χ4v) is 1.44. The van der Waals surface area contributed by atoms with Gasteiger partial charge in [-0.25, -0.2) is 0 Å². The summed E-state index contributed by atoms with van der Waals surface area (Å²) in [5.74, 6) is -0.211. The van der Waals surface area contributed by atoms with Gasteiger partial charge >= 0.3 is 5.97 Å². The van der Waals surface area contributed by atoms with Crippen LogP contribution in [-0.4, -0.2) is 23.0 Å². The highest BCUT2D eigenvalue weighted by molar-refractivity contribution is 5.77. The molecule has 4 heteroatoms. The van der Waals surface area contributed by atoms with Crippen molar-refractivity contribution in [3.8, 4) is 0 Å². The molecule has 1 rings (SSSR count). The SMILES string of the molecule is CC(NC(=O)CCCC(=O)O)C1CC1. The topological polar surface area (TPSA) is 66.4 Å². The standard InChI is InChI=1S/C10H17NO3/c1-7(8-5-6-8)11-9(12)3-2-4-10(13)14/h7-8H,2-6H2,1H3,(H,11,12)(H,13,14). The third-order valence-corrected chi connectivity index (χ3v) is 2.51. The van der Waals surface area contributed by atoms with Crippen LogP contribution in [0, 0.1) is 5.92 Å². The molecule has 0 aliphatic heterocycles. The Labute approximate surface area is 83.7 Å². The highest BCUT2D eigenvalue weighted by Crippen LogP contribution is 2.32. The summed E-state index contributed by atoms with van der Waals surface area (Å²) in [6, 6.07) is 0.257. The van der Waals surface area contributed by atoms with Crippen molar-refractivity contribution in [2.24, 2.45) is 5.92 Å². The van der Waals surface area contributed by atoms with E-state index in [0.29, 0.717) is 18.8 Å². The molecule has 1 aliphatic rings. The summed E-state index contributed by atoms with van der Waals surface area (Å²) in [5.41, 5.74) is 0. The molecule has 0 bridgehead atoms. The van der Waals surface area contributed by atoms with Gasteiger partial charge in [0.25, 0.3) is 0 Å². The summed E-state index contributed by atoms with van der Waals surface area (Å²) >= 11 is 0. The largest absolute Gasteiger partial charge is 0.481 e. The van der Waals surface area contributed by atoms with E-state index in [2.05, 4.69) is 5.32 Å². The van der Waals surface area contributed by atoms with Gasteiger partial charge in [-0.1, -0.05) is 0 Å². The molecule has 0 aromatic heterocycles. The van der Waals surface area contributed by atoms with Gasteiger partial charge in [-0.2, -0.15) is 0 Å². The van der Waals surface area contributed by atoms with E-state index in [1.165, 1.54) is 12.8 Å². The zero-order valence-corrected chi connectivity index (χ0v) is 8.45. The van der Waals surface area contributed by atoms with Gasteiger partial charge in [0.1, 0.15) is 0 Å². The zero-order chi connectivity index (χ0) is 10.6. The van der Waals surface area contributed by atoms with E-state index in [1.807, 2.05) is 6.92 Å². The molecule has 4 nitrogen and oxygen atoms in total. The molecule has 0 saturated heterocycles. The van der Waals surface area contributed by atoms with Gasteiger partial charge in [-0.15, -0.1) is 0 Å². The number of carbonyl (C=O) groups excluding carboxylic acids is 1. The lowest BCUT2D eigenvalue weighted by Gasteiger charge is -2.11. The van der Waals surface area contributed by atoms with Crippen molar-refractivity contribution in [2.45, 2.75) is 45.1 Å². The number of hydrogen-bond donors (Lipinski definition) is 2. The van der Waals surface area contributed by atoms with Crippen molar-refractivity contribution in [3.63, 3.8) is 0 Å². The van der Waals surface area contributed by atoms with E-state index < -0.39 is 5.97 Å². The van der Waals surface area contributed by atoms with Crippen LogP contribution < -0.4 is 5.32 Å². The van der Waals surface area contributed by atoms with Gasteiger partial charge in [0.15, 0.2) is 0 Å². The third kappa shape index (κ3) is 4.25. The number of rotatable bonds is 6. The Hall–Kier alpha value is -1.06. The maximum Gasteiger partial charge on any atom is 0.303 e. The van der Waals surface area contributed by atoms with Gasteiger partial charge in [-0.05, 0) is 32.1 Å². The Morgan fingerprint density at radius 2 is 2.07 bits per heavy atom. The molecular formula is C10H17NO3. The van der Waals surface area contributed by atoms with Crippen LogP contribution in [0.4, 0.5) is 0 Å². The minimum atomic E-state index is -0.840. The predicted octanol–water partition coefficient (Wildman–Crippen LogP) is 1.16. The van der Waals surface area contributed by atoms with Crippen LogP contribution in [-0.2, 0) is 9.59 Å². The minimum Gasteiger partial charge on any atom is -0.481 e. The number of hydrogen-bond acceptors (Lipinski definition) is 2. The van der Waals surface area contributed by atoms with E-state index in [-0.39, 0.29) is 18.4 Å². The van der Waals surface area contributed by atoms with Crippen molar-refractivity contribution in [3.05, 3.63) is 0 Å². The van der Waals surface area contributed by atoms with Crippen molar-refractivity contribution in [1.82, 2.24) is 5.32 Å². The van der Waals surface area contributed by atoms with Crippen LogP contribution >= 0.6 is 0 Å². The summed E-state index contributed by atoms with van der Waals surface area (Å²) < 4.78 is 0. The Balaban J connectivity index is 2.05. The molecule has 1 fully saturated rings. The fraction of sp³-hybridized carbons (Fsp3) is 0.800. The number of nitrogens with one attached hydrogen (secondary N) is 1. The Morgan fingerprint density at radius 1 is 1.43 bits per heavy atom. The number of aliphatic carboxylic acids is 1. The average molecular weight is 199 g/mol. The van der Waals surface area contributed by atoms with Crippen molar-refractivity contribution >= 4 is 11.9 Å². The molecule has 0 aromatic carbocycles. The normalized spacial score (nSPS) is 17.5. The van der Waals surface area contributed by atoms with E-state index in [4.69, 9.17) is 5.11 Å². The summed E-state index contributed by atoms with van der Waals surface area (Å²) in [5, 5.41) is 11.3. The van der Waals surface area contributed by atoms with E-state index in [1.54, 1.807) is 0 Å². The first-order valence-corrected chi connectivity index (χ1v) is 5.10. The minimum absolute atomic E-state index is 0.0225. The number of carboxylic acids is 1. The molecule has 80 valence electrons. The predicted molar refractivity (Wildman–Crippen MR) is 51.8 cm³/mol. The smallest absolute Gasteiger partial charge is 0.303 e. The molecule has 1 unspecified atom stereocenters. The van der Waals surface area contributed by atoms with Crippen molar-refractivity contribution < 1.29 is 14.7 Å². The van der Waals surface area contributed by atoms with Gasteiger partial charge in [0.05, 0.1) is 0 Å². The first-order chi connectivity index (χ1) is 6.59. The highest BCUT2D eigenvalue weighted by Gasteiger charge is 2.28. The zero-order valence-electron chi connectivity index (χ0n) is 8.45.